The summed E-state index contributed by atoms with van der Waals surface area (Å²) in [6.45, 7) is 0. The number of pyridine rings is 2. The van der Waals surface area contributed by atoms with E-state index in [1.54, 1.807) is 6.20 Å². The van der Waals surface area contributed by atoms with E-state index in [1.165, 1.54) is 47.0 Å². The summed E-state index contributed by atoms with van der Waals surface area (Å²) in [7, 11) is 11.2. The van der Waals surface area contributed by atoms with Gasteiger partial charge >= 0.3 is 42.1 Å². The van der Waals surface area contributed by atoms with Gasteiger partial charge in [-0.15, -0.1) is 0 Å². The maximum absolute atomic E-state index is 9.62. The van der Waals surface area contributed by atoms with Crippen molar-refractivity contribution in [3.63, 3.8) is 0 Å². The van der Waals surface area contributed by atoms with Crippen molar-refractivity contribution in [1.29, 1.82) is 0 Å². The van der Waals surface area contributed by atoms with Crippen molar-refractivity contribution in [1.82, 2.24) is 38.7 Å². The van der Waals surface area contributed by atoms with Crippen LogP contribution in [-0.4, -0.2) is 55.8 Å². The average Bonchev–Trinajstić information content (AvgIpc) is 1.71. The van der Waals surface area contributed by atoms with Gasteiger partial charge in [0.05, 0.1) is 6.20 Å². The first kappa shape index (κ1) is 88.0. The van der Waals surface area contributed by atoms with E-state index in [1.807, 2.05) is 96.5 Å². The second-order valence-electron chi connectivity index (χ2n) is 26.4. The Bertz CT molecular complexity index is 5480. The van der Waals surface area contributed by atoms with Crippen LogP contribution in [0.25, 0.3) is 33.2 Å². The monoisotopic (exact) mass is 1940 g/mol. The van der Waals surface area contributed by atoms with Gasteiger partial charge in [-0.1, -0.05) is 379 Å². The Labute approximate surface area is 736 Å². The van der Waals surface area contributed by atoms with Crippen molar-refractivity contribution < 1.29 is 26.0 Å². The molecule has 0 aliphatic carbocycles. The molecule has 10 nitrogen and oxygen atoms in total. The first-order valence-corrected chi connectivity index (χ1v) is 46.1. The molecule has 12 aromatic carbocycles. The number of hydrogen-bond acceptors (Lipinski definition) is 6. The average molecular weight is 1940 g/mol. The number of halogens is 5. The molecule has 6 heterocycles. The van der Waals surface area contributed by atoms with Crippen LogP contribution in [0.3, 0.4) is 0 Å². The van der Waals surface area contributed by atoms with E-state index in [0.29, 0.717) is 5.46 Å². The number of aromatic nitrogens is 8. The summed E-state index contributed by atoms with van der Waals surface area (Å²) >= 11 is 9.19. The van der Waals surface area contributed by atoms with E-state index in [2.05, 4.69) is 419 Å². The number of hydrogen-bond donors (Lipinski definition) is 2. The third-order valence-corrected chi connectivity index (χ3v) is 25.8. The Morgan fingerprint density at radius 3 is 0.880 bits per heavy atom. The van der Waals surface area contributed by atoms with Crippen molar-refractivity contribution in [2.45, 2.75) is 25.9 Å². The minimum atomic E-state index is -1.57. The molecule has 0 radical (unpaired) electrons. The van der Waals surface area contributed by atoms with Crippen molar-refractivity contribution in [3.05, 3.63) is 472 Å². The molecule has 0 fully saturated rings. The van der Waals surface area contributed by atoms with Gasteiger partial charge < -0.3 is 19.2 Å². The second-order valence-corrected chi connectivity index (χ2v) is 36.2. The molecule has 0 saturated carbocycles. The standard InChI is InChI=1S/C30H23BrN4.C22H19BN2O2.2C18H15P.C8H6BrIN2.2CH4.2ClH.Pd/c1-34-21-28(27-17-26(31)19-32-29(27)34)22-18-33-35(20-22)30(23-11-5-2-6-12-23,24-13-7-3-8-14-24)25-15-9-4-10-16-25;26-23(27)21-16-24-25(17-21)22(18-10-4-1-5-11-18,19-12-6-2-7-13-19)20-14-8-3-9-15-20;2*1-4-10-16(11-5-1)19(17-12-6-2-7-13-17)18-14-8-3-9-15-18;1-12-4-7(10)6-2-5(9)3-11-8(6)12;;;;;/h2-21H,1H3;1-17,26-27H;2*1-15H;2-4H,1H3;2*1H4;2*1H;/q;;;;;;;;;+2/p-2. The number of rotatable bonds is 16. The van der Waals surface area contributed by atoms with Gasteiger partial charge in [0.15, 0.2) is 0 Å². The Morgan fingerprint density at radius 2 is 0.598 bits per heavy atom. The SMILES string of the molecule is C.C.Cn1cc(-c2cnn(C(c3ccccc3)(c3ccccc3)c3ccccc3)c2)c2cc(Br)cnc21.Cn1cc(I)c2cc(Br)cnc21.OB(O)c1cnn(C(c2ccccc2)(c2ccccc2)c2ccccc2)c1.[Cl][Pd][Cl].c1ccc(P(c2ccccc2)c2ccccc2)cc1.c1ccc(P(c2ccccc2)c2ccccc2)cc1. The summed E-state index contributed by atoms with van der Waals surface area (Å²) < 4.78 is 11.2. The second kappa shape index (κ2) is 43.6. The zero-order chi connectivity index (χ0) is 79.8. The first-order chi connectivity index (χ1) is 56.4. The van der Waals surface area contributed by atoms with Gasteiger partial charge in [0.2, 0.25) is 0 Å². The van der Waals surface area contributed by atoms with Crippen molar-refractivity contribution in [2.75, 3.05) is 0 Å². The molecule has 0 atom stereocenters. The molecule has 18 aromatic rings. The van der Waals surface area contributed by atoms with Crippen LogP contribution in [0.2, 0.25) is 0 Å². The summed E-state index contributed by atoms with van der Waals surface area (Å²) in [5.74, 6) is 0. The Morgan fingerprint density at radius 1 is 0.350 bits per heavy atom. The predicted octanol–water partition coefficient (Wildman–Crippen LogP) is 21.9. The largest absolute Gasteiger partial charge is 0.0622 e. The van der Waals surface area contributed by atoms with Crippen LogP contribution in [0.1, 0.15) is 48.2 Å². The van der Waals surface area contributed by atoms with Gasteiger partial charge in [-0.3, -0.25) is 9.36 Å². The van der Waals surface area contributed by atoms with Crippen LogP contribution < -0.4 is 37.3 Å². The smallest absolute Gasteiger partial charge is 0.0134 e. The first-order valence-electron chi connectivity index (χ1n) is 36.8. The van der Waals surface area contributed by atoms with E-state index in [4.69, 9.17) is 24.2 Å². The zero-order valence-electron chi connectivity index (χ0n) is 62.6. The molecule has 117 heavy (non-hydrogen) atoms. The maximum atomic E-state index is 9.62. The van der Waals surface area contributed by atoms with E-state index in [-0.39, 0.29) is 30.8 Å². The molecule has 0 aliphatic heterocycles. The van der Waals surface area contributed by atoms with E-state index < -0.39 is 34.0 Å². The van der Waals surface area contributed by atoms with Gasteiger partial charge in [0.25, 0.3) is 0 Å². The van der Waals surface area contributed by atoms with Gasteiger partial charge in [-0.25, -0.2) is 9.97 Å². The van der Waals surface area contributed by atoms with E-state index >= 15 is 0 Å². The summed E-state index contributed by atoms with van der Waals surface area (Å²) in [6.07, 6.45) is 15.2. The summed E-state index contributed by atoms with van der Waals surface area (Å²) in [6, 6.07) is 131. The molecular formula is C98H86BBr2Cl2IN8O2P2Pd. The van der Waals surface area contributed by atoms with Crippen LogP contribution >= 0.6 is 89.4 Å². The molecule has 18 rings (SSSR count). The van der Waals surface area contributed by atoms with Crippen molar-refractivity contribution in [2.24, 2.45) is 14.1 Å². The van der Waals surface area contributed by atoms with Crippen molar-refractivity contribution in [3.8, 4) is 11.1 Å². The van der Waals surface area contributed by atoms with E-state index in [9.17, 15) is 10.0 Å². The van der Waals surface area contributed by atoms with Crippen LogP contribution in [0.5, 0.6) is 0 Å². The van der Waals surface area contributed by atoms with Gasteiger partial charge in [-0.2, -0.15) is 10.2 Å². The van der Waals surface area contributed by atoms with Crippen LogP contribution in [0, 0.1) is 3.57 Å². The molecule has 2 N–H and O–H groups in total. The minimum Gasteiger partial charge on any atom is -0.0622 e. The van der Waals surface area contributed by atoms with Crippen LogP contribution in [0.4, 0.5) is 0 Å². The minimum absolute atomic E-state index is 0. The Balaban J connectivity index is 0.000000147. The van der Waals surface area contributed by atoms with Gasteiger partial charge in [0.1, 0.15) is 22.4 Å². The molecule has 0 saturated heterocycles. The Hall–Kier alpha value is -9.78. The third-order valence-electron chi connectivity index (χ3n) is 19.2. The maximum Gasteiger partial charge on any atom is -0.0134 e. The number of fused-ring (bicyclic) bond motifs is 2. The normalized spacial score (nSPS) is 10.9. The third kappa shape index (κ3) is 21.0. The molecule has 0 bridgehead atoms. The fourth-order valence-electron chi connectivity index (χ4n) is 14.2. The predicted molar refractivity (Wildman–Crippen MR) is 507 cm³/mol. The zero-order valence-corrected chi connectivity index (χ0v) is 72.7. The molecule has 0 unspecified atom stereocenters. The van der Waals surface area contributed by atoms with Gasteiger partial charge in [0, 0.05) is 97.4 Å². The topological polar surface area (TPSA) is 112 Å². The number of nitrogens with zero attached hydrogens (tertiary/aromatic N) is 8. The van der Waals surface area contributed by atoms with E-state index in [0.717, 1.165) is 70.1 Å². The number of aryl methyl sites for hydroxylation is 2. The molecule has 19 heteroatoms. The molecule has 588 valence electrons. The molecule has 0 spiro atoms. The molecule has 0 aliphatic rings. The Kier molecular flexibility index (Phi) is 32.8. The molecular weight excluding hydrogens is 1860 g/mol. The fourth-order valence-corrected chi connectivity index (χ4v) is 20.3. The molecule has 0 amide bonds. The van der Waals surface area contributed by atoms with Crippen molar-refractivity contribution >= 4 is 156 Å². The quantitative estimate of drug-likeness (QED) is 0.0431. The van der Waals surface area contributed by atoms with Crippen LogP contribution in [0.15, 0.2) is 435 Å². The fraction of sp³-hybridized carbons (Fsp3) is 0.0612. The van der Waals surface area contributed by atoms with Crippen LogP contribution in [-0.2, 0) is 41.1 Å². The number of benzene rings is 12. The molecule has 6 aromatic heterocycles. The summed E-state index contributed by atoms with van der Waals surface area (Å²) in [5.41, 5.74) is 9.63. The van der Waals surface area contributed by atoms with Gasteiger partial charge in [-0.05, 0) is 148 Å². The summed E-state index contributed by atoms with van der Waals surface area (Å²) in [4.78, 5) is 8.93. The summed E-state index contributed by atoms with van der Waals surface area (Å²) in [5, 5.41) is 39.5.